The van der Waals surface area contributed by atoms with E-state index in [1.807, 2.05) is 43.3 Å². The minimum absolute atomic E-state index is 0.0430. The molecule has 0 spiro atoms. The number of anilines is 1. The Morgan fingerprint density at radius 3 is 2.50 bits per heavy atom. The number of ketones is 1. The lowest BCUT2D eigenvalue weighted by Crippen LogP contribution is -2.12. The maximum Gasteiger partial charge on any atom is 0.269 e. The first-order valence-corrected chi connectivity index (χ1v) is 9.14. The van der Waals surface area contributed by atoms with Gasteiger partial charge in [-0.15, -0.1) is 11.3 Å². The summed E-state index contributed by atoms with van der Waals surface area (Å²) in [5, 5.41) is 2.86. The molecule has 1 amide bonds. The molecule has 0 radical (unpaired) electrons. The van der Waals surface area contributed by atoms with Crippen molar-refractivity contribution in [3.05, 3.63) is 71.1 Å². The topological polar surface area (TPSA) is 55.4 Å². The van der Waals surface area contributed by atoms with Crippen molar-refractivity contribution in [3.63, 3.8) is 0 Å². The number of benzene rings is 2. The maximum atomic E-state index is 12.8. The van der Waals surface area contributed by atoms with E-state index >= 15 is 0 Å². The SMILES string of the molecule is CCOc1cc(-c2ccccc2)sc1C(=O)Nc1cccc(C(C)=O)c1. The number of rotatable bonds is 6. The summed E-state index contributed by atoms with van der Waals surface area (Å²) in [4.78, 5) is 25.8. The van der Waals surface area contributed by atoms with Gasteiger partial charge in [-0.25, -0.2) is 0 Å². The van der Waals surface area contributed by atoms with Crippen molar-refractivity contribution >= 4 is 28.7 Å². The van der Waals surface area contributed by atoms with Gasteiger partial charge < -0.3 is 10.1 Å². The van der Waals surface area contributed by atoms with Crippen molar-refractivity contribution in [2.75, 3.05) is 11.9 Å². The predicted octanol–water partition coefficient (Wildman–Crippen LogP) is 5.27. The quantitative estimate of drug-likeness (QED) is 0.606. The summed E-state index contributed by atoms with van der Waals surface area (Å²) < 4.78 is 5.66. The number of Topliss-reactive ketones (excluding diaryl/α,β-unsaturated/α-hetero) is 1. The third-order valence-corrected chi connectivity index (χ3v) is 4.95. The van der Waals surface area contributed by atoms with Crippen LogP contribution in [-0.4, -0.2) is 18.3 Å². The van der Waals surface area contributed by atoms with Crippen LogP contribution in [0.25, 0.3) is 10.4 Å². The molecule has 3 aromatic rings. The van der Waals surface area contributed by atoms with Crippen LogP contribution in [0.15, 0.2) is 60.7 Å². The highest BCUT2D eigenvalue weighted by Gasteiger charge is 2.19. The van der Waals surface area contributed by atoms with Crippen molar-refractivity contribution in [3.8, 4) is 16.2 Å². The van der Waals surface area contributed by atoms with Gasteiger partial charge in [0.2, 0.25) is 0 Å². The van der Waals surface area contributed by atoms with Gasteiger partial charge in [0.25, 0.3) is 5.91 Å². The van der Waals surface area contributed by atoms with E-state index in [2.05, 4.69) is 5.32 Å². The Morgan fingerprint density at radius 2 is 1.81 bits per heavy atom. The van der Waals surface area contributed by atoms with Crippen LogP contribution in [0.2, 0.25) is 0 Å². The first kappa shape index (κ1) is 17.9. The van der Waals surface area contributed by atoms with Crippen LogP contribution in [0.1, 0.15) is 33.9 Å². The van der Waals surface area contributed by atoms with Crippen molar-refractivity contribution in [2.45, 2.75) is 13.8 Å². The second kappa shape index (κ2) is 7.97. The van der Waals surface area contributed by atoms with E-state index in [0.717, 1.165) is 10.4 Å². The van der Waals surface area contributed by atoms with Crippen molar-refractivity contribution < 1.29 is 14.3 Å². The van der Waals surface area contributed by atoms with E-state index in [4.69, 9.17) is 4.74 Å². The molecule has 0 aliphatic rings. The highest BCUT2D eigenvalue weighted by Crippen LogP contribution is 2.36. The normalized spacial score (nSPS) is 10.4. The van der Waals surface area contributed by atoms with Gasteiger partial charge in [-0.2, -0.15) is 0 Å². The Morgan fingerprint density at radius 1 is 1.04 bits per heavy atom. The fraction of sp³-hybridized carbons (Fsp3) is 0.143. The van der Waals surface area contributed by atoms with Crippen molar-refractivity contribution in [1.82, 2.24) is 0 Å². The first-order valence-electron chi connectivity index (χ1n) is 8.33. The third-order valence-electron chi connectivity index (χ3n) is 3.79. The zero-order chi connectivity index (χ0) is 18.5. The molecule has 5 heteroatoms. The zero-order valence-electron chi connectivity index (χ0n) is 14.6. The molecule has 1 heterocycles. The fourth-order valence-electron chi connectivity index (χ4n) is 2.54. The van der Waals surface area contributed by atoms with Gasteiger partial charge in [-0.05, 0) is 37.6 Å². The molecule has 0 bridgehead atoms. The van der Waals surface area contributed by atoms with Gasteiger partial charge in [-0.3, -0.25) is 9.59 Å². The molecule has 1 aromatic heterocycles. The van der Waals surface area contributed by atoms with Crippen LogP contribution in [0.3, 0.4) is 0 Å². The Labute approximate surface area is 156 Å². The Balaban J connectivity index is 1.90. The summed E-state index contributed by atoms with van der Waals surface area (Å²) in [6, 6.07) is 18.7. The lowest BCUT2D eigenvalue weighted by Gasteiger charge is -2.07. The molecular weight excluding hydrogens is 346 g/mol. The molecule has 0 atom stereocenters. The molecule has 4 nitrogen and oxygen atoms in total. The monoisotopic (exact) mass is 365 g/mol. The number of hydrogen-bond donors (Lipinski definition) is 1. The second-order valence-corrected chi connectivity index (χ2v) is 6.75. The van der Waals surface area contributed by atoms with Gasteiger partial charge >= 0.3 is 0 Å². The lowest BCUT2D eigenvalue weighted by molar-refractivity contribution is 0.101. The standard InChI is InChI=1S/C21H19NO3S/c1-3-25-18-13-19(15-8-5-4-6-9-15)26-20(18)21(24)22-17-11-7-10-16(12-17)14(2)23/h4-13H,3H2,1-2H3,(H,22,24). The van der Waals surface area contributed by atoms with Crippen molar-refractivity contribution in [1.29, 1.82) is 0 Å². The van der Waals surface area contributed by atoms with Crippen LogP contribution in [0, 0.1) is 0 Å². The Kier molecular flexibility index (Phi) is 5.49. The lowest BCUT2D eigenvalue weighted by atomic mass is 10.1. The van der Waals surface area contributed by atoms with Gasteiger partial charge in [0.1, 0.15) is 10.6 Å². The molecular formula is C21H19NO3S. The van der Waals surface area contributed by atoms with Crippen LogP contribution >= 0.6 is 11.3 Å². The second-order valence-electron chi connectivity index (χ2n) is 5.69. The van der Waals surface area contributed by atoms with Crippen LogP contribution in [-0.2, 0) is 0 Å². The van der Waals surface area contributed by atoms with E-state index in [1.54, 1.807) is 24.3 Å². The van der Waals surface area contributed by atoms with Gasteiger partial charge in [0.15, 0.2) is 5.78 Å². The Bertz CT molecular complexity index is 931. The molecule has 0 saturated carbocycles. The molecule has 2 aromatic carbocycles. The predicted molar refractivity (Wildman–Crippen MR) is 105 cm³/mol. The number of carbonyl (C=O) groups is 2. The molecule has 132 valence electrons. The number of hydrogen-bond acceptors (Lipinski definition) is 4. The molecule has 0 fully saturated rings. The van der Waals surface area contributed by atoms with Crippen LogP contribution in [0.5, 0.6) is 5.75 Å². The average Bonchev–Trinajstić information content (AvgIpc) is 3.07. The molecule has 0 saturated heterocycles. The van der Waals surface area contributed by atoms with Crippen LogP contribution < -0.4 is 10.1 Å². The number of thiophene rings is 1. The highest BCUT2D eigenvalue weighted by molar-refractivity contribution is 7.17. The summed E-state index contributed by atoms with van der Waals surface area (Å²) in [6.45, 7) is 3.86. The van der Waals surface area contributed by atoms with E-state index < -0.39 is 0 Å². The third kappa shape index (κ3) is 4.00. The van der Waals surface area contributed by atoms with Crippen LogP contribution in [0.4, 0.5) is 5.69 Å². The van der Waals surface area contributed by atoms with E-state index in [1.165, 1.54) is 18.3 Å². The van der Waals surface area contributed by atoms with E-state index in [9.17, 15) is 9.59 Å². The highest BCUT2D eigenvalue weighted by atomic mass is 32.1. The number of ether oxygens (including phenoxy) is 1. The fourth-order valence-corrected chi connectivity index (χ4v) is 3.55. The number of carbonyl (C=O) groups excluding carboxylic acids is 2. The summed E-state index contributed by atoms with van der Waals surface area (Å²) in [5.74, 6) is 0.275. The summed E-state index contributed by atoms with van der Waals surface area (Å²) in [6.07, 6.45) is 0. The van der Waals surface area contributed by atoms with E-state index in [0.29, 0.717) is 28.5 Å². The molecule has 0 aliphatic carbocycles. The number of nitrogens with one attached hydrogen (secondary N) is 1. The van der Waals surface area contributed by atoms with E-state index in [-0.39, 0.29) is 11.7 Å². The smallest absolute Gasteiger partial charge is 0.269 e. The molecule has 1 N–H and O–H groups in total. The van der Waals surface area contributed by atoms with Gasteiger partial charge in [0.05, 0.1) is 6.61 Å². The van der Waals surface area contributed by atoms with Crippen molar-refractivity contribution in [2.24, 2.45) is 0 Å². The summed E-state index contributed by atoms with van der Waals surface area (Å²) in [7, 11) is 0. The van der Waals surface area contributed by atoms with Gasteiger partial charge in [0, 0.05) is 16.1 Å². The first-order chi connectivity index (χ1) is 12.6. The summed E-state index contributed by atoms with van der Waals surface area (Å²) in [5.41, 5.74) is 2.18. The molecule has 26 heavy (non-hydrogen) atoms. The maximum absolute atomic E-state index is 12.8. The molecule has 0 aliphatic heterocycles. The number of amides is 1. The minimum Gasteiger partial charge on any atom is -0.492 e. The molecule has 0 unspecified atom stereocenters. The average molecular weight is 365 g/mol. The minimum atomic E-state index is -0.249. The molecule has 3 rings (SSSR count). The Hall–Kier alpha value is -2.92. The zero-order valence-corrected chi connectivity index (χ0v) is 15.4. The largest absolute Gasteiger partial charge is 0.492 e. The summed E-state index contributed by atoms with van der Waals surface area (Å²) >= 11 is 1.39. The van der Waals surface area contributed by atoms with Gasteiger partial charge in [-0.1, -0.05) is 42.5 Å².